The number of nitrogens with zero attached hydrogens (tertiary/aromatic N) is 1. The van der Waals surface area contributed by atoms with Crippen molar-refractivity contribution < 1.29 is 4.79 Å². The third kappa shape index (κ3) is 3.98. The maximum Gasteiger partial charge on any atom is 0.268 e. The van der Waals surface area contributed by atoms with Crippen LogP contribution in [0.1, 0.15) is 37.2 Å². The van der Waals surface area contributed by atoms with E-state index >= 15 is 0 Å². The Kier molecular flexibility index (Phi) is 6.12. The highest BCUT2D eigenvalue weighted by Gasteiger charge is 2.15. The number of hydrogen-bond donors (Lipinski definition) is 2. The molecule has 4 nitrogen and oxygen atoms in total. The largest absolute Gasteiger partial charge is 0.397 e. The van der Waals surface area contributed by atoms with Crippen molar-refractivity contribution in [2.75, 3.05) is 17.7 Å². The fourth-order valence-corrected chi connectivity index (χ4v) is 2.59. The first-order valence-electron chi connectivity index (χ1n) is 6.37. The van der Waals surface area contributed by atoms with Crippen LogP contribution >= 0.6 is 11.8 Å². The van der Waals surface area contributed by atoms with Gasteiger partial charge in [0.05, 0.1) is 5.69 Å². The number of thioether (sulfide) groups is 1. The van der Waals surface area contributed by atoms with Crippen molar-refractivity contribution in [3.05, 3.63) is 18.0 Å². The van der Waals surface area contributed by atoms with Crippen LogP contribution in [0, 0.1) is 0 Å². The number of nitrogen functional groups attached to an aromatic ring is 1. The standard InChI is InChI=1S/C13H23N3OS/c1-4-6-16-8-10(14)7-12(16)13(17)15-11(5-2)9-18-3/h7-8,11H,4-6,9,14H2,1-3H3,(H,15,17). The van der Waals surface area contributed by atoms with E-state index in [0.29, 0.717) is 11.4 Å². The minimum Gasteiger partial charge on any atom is -0.397 e. The summed E-state index contributed by atoms with van der Waals surface area (Å²) in [6.07, 6.45) is 5.80. The summed E-state index contributed by atoms with van der Waals surface area (Å²) in [6, 6.07) is 1.97. The molecule has 1 amide bonds. The number of carbonyl (C=O) groups is 1. The van der Waals surface area contributed by atoms with E-state index in [2.05, 4.69) is 19.2 Å². The van der Waals surface area contributed by atoms with E-state index < -0.39 is 0 Å². The molecule has 1 aromatic heterocycles. The fraction of sp³-hybridized carbons (Fsp3) is 0.615. The average Bonchev–Trinajstić information content (AvgIpc) is 2.70. The third-order valence-electron chi connectivity index (χ3n) is 2.81. The van der Waals surface area contributed by atoms with E-state index in [1.807, 2.05) is 17.0 Å². The lowest BCUT2D eigenvalue weighted by molar-refractivity contribution is 0.0930. The Balaban J connectivity index is 2.76. The molecule has 1 heterocycles. The third-order valence-corrected chi connectivity index (χ3v) is 3.55. The molecule has 5 heteroatoms. The molecule has 0 radical (unpaired) electrons. The Morgan fingerprint density at radius 1 is 1.56 bits per heavy atom. The highest BCUT2D eigenvalue weighted by Crippen LogP contribution is 2.12. The minimum absolute atomic E-state index is 0.0268. The van der Waals surface area contributed by atoms with Crippen LogP contribution in [0.4, 0.5) is 5.69 Å². The normalized spacial score (nSPS) is 12.4. The van der Waals surface area contributed by atoms with Gasteiger partial charge in [0.1, 0.15) is 5.69 Å². The molecule has 0 spiro atoms. The van der Waals surface area contributed by atoms with Crippen LogP contribution in [0.2, 0.25) is 0 Å². The molecule has 102 valence electrons. The second-order valence-corrected chi connectivity index (χ2v) is 5.30. The van der Waals surface area contributed by atoms with Crippen LogP contribution in [0.3, 0.4) is 0 Å². The molecular formula is C13H23N3OS. The van der Waals surface area contributed by atoms with E-state index in [9.17, 15) is 4.79 Å². The van der Waals surface area contributed by atoms with Gasteiger partial charge in [-0.1, -0.05) is 13.8 Å². The van der Waals surface area contributed by atoms with Gasteiger partial charge >= 0.3 is 0 Å². The predicted octanol–water partition coefficient (Wildman–Crippen LogP) is 2.35. The Bertz CT molecular complexity index is 390. The summed E-state index contributed by atoms with van der Waals surface area (Å²) < 4.78 is 1.93. The number of carbonyl (C=O) groups excluding carboxylic acids is 1. The lowest BCUT2D eigenvalue weighted by atomic mass is 10.2. The fourth-order valence-electron chi connectivity index (χ4n) is 1.87. The SMILES string of the molecule is CCCn1cc(N)cc1C(=O)NC(CC)CSC. The zero-order valence-corrected chi connectivity index (χ0v) is 12.2. The molecule has 0 fully saturated rings. The Hall–Kier alpha value is -1.10. The number of anilines is 1. The smallest absolute Gasteiger partial charge is 0.268 e. The molecule has 0 aliphatic heterocycles. The first-order valence-corrected chi connectivity index (χ1v) is 7.77. The topological polar surface area (TPSA) is 60.0 Å². The highest BCUT2D eigenvalue weighted by molar-refractivity contribution is 7.98. The number of rotatable bonds is 7. The number of nitrogens with one attached hydrogen (secondary N) is 1. The van der Waals surface area contributed by atoms with Crippen LogP contribution in [0.15, 0.2) is 12.3 Å². The van der Waals surface area contributed by atoms with Gasteiger partial charge in [-0.05, 0) is 25.2 Å². The number of aromatic nitrogens is 1. The lowest BCUT2D eigenvalue weighted by Gasteiger charge is -2.16. The van der Waals surface area contributed by atoms with Gasteiger partial charge in [-0.3, -0.25) is 4.79 Å². The summed E-state index contributed by atoms with van der Waals surface area (Å²) in [7, 11) is 0. The first kappa shape index (κ1) is 15.0. The molecule has 0 aliphatic rings. The molecule has 1 atom stereocenters. The van der Waals surface area contributed by atoms with Gasteiger partial charge in [-0.15, -0.1) is 0 Å². The molecule has 1 aromatic rings. The molecule has 0 saturated carbocycles. The highest BCUT2D eigenvalue weighted by atomic mass is 32.2. The van der Waals surface area contributed by atoms with Crippen molar-refractivity contribution in [1.29, 1.82) is 0 Å². The van der Waals surface area contributed by atoms with Gasteiger partial charge in [0, 0.05) is 24.5 Å². The lowest BCUT2D eigenvalue weighted by Crippen LogP contribution is -2.37. The van der Waals surface area contributed by atoms with Crippen molar-refractivity contribution in [2.45, 2.75) is 39.3 Å². The number of nitrogens with two attached hydrogens (primary N) is 1. The van der Waals surface area contributed by atoms with Crippen LogP contribution < -0.4 is 11.1 Å². The van der Waals surface area contributed by atoms with Crippen LogP contribution in [0.25, 0.3) is 0 Å². The van der Waals surface area contributed by atoms with Gasteiger partial charge in [0.25, 0.3) is 5.91 Å². The van der Waals surface area contributed by atoms with Crippen molar-refractivity contribution in [3.63, 3.8) is 0 Å². The van der Waals surface area contributed by atoms with Crippen LogP contribution in [0.5, 0.6) is 0 Å². The minimum atomic E-state index is -0.0268. The molecule has 18 heavy (non-hydrogen) atoms. The second-order valence-electron chi connectivity index (χ2n) is 4.39. The molecule has 1 rings (SSSR count). The second kappa shape index (κ2) is 7.36. The number of aryl methyl sites for hydroxylation is 1. The summed E-state index contributed by atoms with van der Waals surface area (Å²) in [4.78, 5) is 12.2. The Labute approximate surface area is 113 Å². The van der Waals surface area contributed by atoms with Crippen LogP contribution in [-0.2, 0) is 6.54 Å². The molecule has 0 saturated heterocycles. The Morgan fingerprint density at radius 2 is 2.28 bits per heavy atom. The molecule has 3 N–H and O–H groups in total. The predicted molar refractivity (Wildman–Crippen MR) is 79.1 cm³/mol. The van der Waals surface area contributed by atoms with Gasteiger partial charge in [0.2, 0.25) is 0 Å². The number of hydrogen-bond acceptors (Lipinski definition) is 3. The summed E-state index contributed by atoms with van der Waals surface area (Å²) in [6.45, 7) is 4.99. The Morgan fingerprint density at radius 3 is 2.83 bits per heavy atom. The monoisotopic (exact) mass is 269 g/mol. The number of amides is 1. The zero-order valence-electron chi connectivity index (χ0n) is 11.4. The van der Waals surface area contributed by atoms with E-state index in [0.717, 1.165) is 25.1 Å². The summed E-state index contributed by atoms with van der Waals surface area (Å²) in [5.41, 5.74) is 7.07. The first-order chi connectivity index (χ1) is 8.62. The molecule has 0 bridgehead atoms. The van der Waals surface area contributed by atoms with Gasteiger partial charge in [-0.2, -0.15) is 11.8 Å². The summed E-state index contributed by atoms with van der Waals surface area (Å²) >= 11 is 1.74. The quantitative estimate of drug-likeness (QED) is 0.799. The van der Waals surface area contributed by atoms with Gasteiger partial charge < -0.3 is 15.6 Å². The molecular weight excluding hydrogens is 246 g/mol. The molecule has 1 unspecified atom stereocenters. The molecule has 0 aromatic carbocycles. The van der Waals surface area contributed by atoms with Gasteiger partial charge in [0.15, 0.2) is 0 Å². The van der Waals surface area contributed by atoms with E-state index in [-0.39, 0.29) is 11.9 Å². The van der Waals surface area contributed by atoms with E-state index in [1.165, 1.54) is 0 Å². The zero-order chi connectivity index (χ0) is 13.5. The van der Waals surface area contributed by atoms with Crippen molar-refractivity contribution in [1.82, 2.24) is 9.88 Å². The van der Waals surface area contributed by atoms with E-state index in [1.54, 1.807) is 17.8 Å². The van der Waals surface area contributed by atoms with Crippen molar-refractivity contribution >= 4 is 23.4 Å². The van der Waals surface area contributed by atoms with Gasteiger partial charge in [-0.25, -0.2) is 0 Å². The van der Waals surface area contributed by atoms with Crippen molar-refractivity contribution in [2.24, 2.45) is 0 Å². The van der Waals surface area contributed by atoms with Crippen LogP contribution in [-0.4, -0.2) is 28.5 Å². The maximum absolute atomic E-state index is 12.2. The maximum atomic E-state index is 12.2. The average molecular weight is 269 g/mol. The summed E-state index contributed by atoms with van der Waals surface area (Å²) in [5.74, 6) is 0.910. The van der Waals surface area contributed by atoms with Crippen molar-refractivity contribution in [3.8, 4) is 0 Å². The van der Waals surface area contributed by atoms with E-state index in [4.69, 9.17) is 5.73 Å². The summed E-state index contributed by atoms with van der Waals surface area (Å²) in [5, 5.41) is 3.06. The molecule has 0 aliphatic carbocycles.